The van der Waals surface area contributed by atoms with Gasteiger partial charge in [-0.2, -0.15) is 15.2 Å². The van der Waals surface area contributed by atoms with E-state index in [1.165, 1.54) is 0 Å². The van der Waals surface area contributed by atoms with Gasteiger partial charge in [-0.25, -0.2) is 9.65 Å². The van der Waals surface area contributed by atoms with Crippen molar-refractivity contribution in [3.63, 3.8) is 0 Å². The fraction of sp³-hybridized carbons (Fsp3) is 0.377. The Morgan fingerprint density at radius 3 is 1.79 bits per heavy atom. The summed E-state index contributed by atoms with van der Waals surface area (Å²) in [6.07, 6.45) is -0.821. The van der Waals surface area contributed by atoms with Crippen molar-refractivity contribution in [2.45, 2.75) is 115 Å². The van der Waals surface area contributed by atoms with Crippen molar-refractivity contribution >= 4 is 51.6 Å². The Balaban J connectivity index is 1.31. The quantitative estimate of drug-likeness (QED) is 0.0200. The lowest BCUT2D eigenvalue weighted by Crippen LogP contribution is -2.59. The van der Waals surface area contributed by atoms with Crippen LogP contribution < -0.4 is 30.2 Å². The highest BCUT2D eigenvalue weighted by atomic mass is 31.2. The number of hydrogen-bond acceptors (Lipinski definition) is 15. The van der Waals surface area contributed by atoms with E-state index in [1.807, 2.05) is 84.9 Å². The Labute approximate surface area is 477 Å². The lowest BCUT2D eigenvalue weighted by atomic mass is 9.76. The molecule has 5 aromatic carbocycles. The Hall–Kier alpha value is -7.11. The summed E-state index contributed by atoms with van der Waals surface area (Å²) in [4.78, 5) is 42.0. The number of amides is 2. The van der Waals surface area contributed by atoms with Gasteiger partial charge in [-0.15, -0.1) is 0 Å². The molecule has 1 aliphatic heterocycles. The Morgan fingerprint density at radius 2 is 1.27 bits per heavy atom. The molecule has 8 rings (SSSR count). The molecule has 0 saturated carbocycles. The van der Waals surface area contributed by atoms with Crippen LogP contribution in [0.3, 0.4) is 0 Å². The molecule has 18 nitrogen and oxygen atoms in total. The number of fused-ring (bicyclic) bond motifs is 1. The molecule has 5 atom stereocenters. The summed E-state index contributed by atoms with van der Waals surface area (Å²) in [7, 11) is -2.88. The number of aromatic nitrogens is 4. The average Bonchev–Trinajstić information content (AvgIpc) is 4.29. The van der Waals surface area contributed by atoms with E-state index < -0.39 is 58.7 Å². The zero-order valence-electron chi connectivity index (χ0n) is 47.7. The largest absolute Gasteiger partial charge is 0.497 e. The van der Waals surface area contributed by atoms with Crippen LogP contribution in [0, 0.1) is 11.3 Å². The predicted molar refractivity (Wildman–Crippen MR) is 316 cm³/mol. The molecule has 20 heteroatoms. The van der Waals surface area contributed by atoms with Crippen LogP contribution in [0.4, 0.5) is 11.8 Å². The number of nitrogens with one attached hydrogen (secondary N) is 3. The second-order valence-electron chi connectivity index (χ2n) is 21.7. The summed E-state index contributed by atoms with van der Waals surface area (Å²) in [5.41, 5.74) is 2.16. The molecule has 7 aromatic rings. The highest BCUT2D eigenvalue weighted by molar-refractivity contribution is 7.44. The van der Waals surface area contributed by atoms with Crippen molar-refractivity contribution in [3.05, 3.63) is 169 Å². The van der Waals surface area contributed by atoms with Gasteiger partial charge >= 0.3 is 0 Å². The molecule has 0 bridgehead atoms. The Kier molecular flexibility index (Phi) is 20.1. The predicted octanol–water partition coefficient (Wildman–Crippen LogP) is 11.4. The number of nitrogens with zero attached hydrogens (tertiary/aromatic N) is 6. The van der Waals surface area contributed by atoms with E-state index in [4.69, 9.17) is 42.4 Å². The first-order valence-corrected chi connectivity index (χ1v) is 31.2. The maximum absolute atomic E-state index is 13.8. The molecular weight excluding hydrogens is 1060 g/mol. The standard InChI is InChI=1S/C61H74N9O9PSi/c1-42(2)70(43(3)4)80(76-37-23-36-62)77-38-50-53(68-61(44-24-15-11-16-25-44,45-26-17-12-18-27-45)46-32-34-47(73-8)35-33-46)55(79-81(9,10)60(5,6)7)58(78-50)69-41-63-54-56(64-51(71)39-74-48-28-19-13-20-29-48)66-59(67-57(54)69)65-52(72)40-75-49-30-21-14-22-31-49/h11-22,24-35,41-43,50,53,55,58,68H,23,37-40H2,1-10H3,(H2,64,65,66,67,71,72)/t50-,53-,55-,58-,80?/m1/s1. The first-order chi connectivity index (χ1) is 38.9. The number of nitriles is 1. The molecule has 1 saturated heterocycles. The maximum Gasteiger partial charge on any atom is 0.264 e. The topological polar surface area (TPSA) is 205 Å². The molecule has 1 unspecified atom stereocenters. The number of anilines is 2. The summed E-state index contributed by atoms with van der Waals surface area (Å²) < 4.78 is 50.1. The normalized spacial score (nSPS) is 17.0. The minimum Gasteiger partial charge on any atom is -0.497 e. The third-order valence-corrected chi connectivity index (χ3v) is 20.9. The smallest absolute Gasteiger partial charge is 0.264 e. The second kappa shape index (κ2) is 27.1. The van der Waals surface area contributed by atoms with Crippen molar-refractivity contribution in [1.29, 1.82) is 5.26 Å². The second-order valence-corrected chi connectivity index (χ2v) is 27.9. The minimum atomic E-state index is -2.79. The fourth-order valence-electron chi connectivity index (χ4n) is 9.49. The van der Waals surface area contributed by atoms with E-state index in [-0.39, 0.29) is 72.9 Å². The SMILES string of the molecule is COc1ccc(C(N[C@H]2[C@@H](O[Si](C)(C)C(C)(C)C)[C@H](n3cnc4c(NC(=O)COc5ccccc5)nc(NC(=O)COc5ccccc5)nc43)O[C@@H]2COP(OCCC#N)N(C(C)C)C(C)C)(c2ccccc2)c2ccccc2)cc1. The summed E-state index contributed by atoms with van der Waals surface area (Å²) in [6, 6.07) is 48.1. The van der Waals surface area contributed by atoms with Crippen molar-refractivity contribution < 1.29 is 42.0 Å². The molecule has 1 aliphatic rings. The van der Waals surface area contributed by atoms with Crippen LogP contribution in [-0.2, 0) is 33.3 Å². The number of rotatable bonds is 26. The van der Waals surface area contributed by atoms with E-state index in [9.17, 15) is 14.9 Å². The van der Waals surface area contributed by atoms with E-state index in [2.05, 4.69) is 130 Å². The van der Waals surface area contributed by atoms with Crippen LogP contribution in [0.15, 0.2) is 152 Å². The maximum atomic E-state index is 13.8. The summed E-state index contributed by atoms with van der Waals surface area (Å²) in [5.74, 6) is 0.505. The van der Waals surface area contributed by atoms with Gasteiger partial charge < -0.3 is 37.7 Å². The third-order valence-electron chi connectivity index (χ3n) is 14.3. The number of hydrogen-bond donors (Lipinski definition) is 3. The van der Waals surface area contributed by atoms with Crippen molar-refractivity contribution in [3.8, 4) is 23.3 Å². The molecule has 426 valence electrons. The monoisotopic (exact) mass is 1140 g/mol. The number of methoxy groups -OCH3 is 1. The van der Waals surface area contributed by atoms with Gasteiger partial charge in [0, 0.05) is 12.1 Å². The van der Waals surface area contributed by atoms with Crippen LogP contribution in [0.5, 0.6) is 17.2 Å². The van der Waals surface area contributed by atoms with Crippen LogP contribution in [-0.4, -0.2) is 108 Å². The first-order valence-electron chi connectivity index (χ1n) is 27.2. The van der Waals surface area contributed by atoms with Crippen molar-refractivity contribution in [2.24, 2.45) is 0 Å². The van der Waals surface area contributed by atoms with Crippen molar-refractivity contribution in [2.75, 3.05) is 44.2 Å². The van der Waals surface area contributed by atoms with E-state index in [1.54, 1.807) is 42.3 Å². The van der Waals surface area contributed by atoms with Crippen LogP contribution in [0.25, 0.3) is 11.2 Å². The Morgan fingerprint density at radius 1 is 0.741 bits per heavy atom. The number of benzene rings is 5. The lowest BCUT2D eigenvalue weighted by Gasteiger charge is -2.44. The van der Waals surface area contributed by atoms with Crippen LogP contribution in [0.1, 0.15) is 77.8 Å². The lowest BCUT2D eigenvalue weighted by molar-refractivity contribution is -0.118. The minimum absolute atomic E-state index is 0.00898. The number of imidazole rings is 1. The van der Waals surface area contributed by atoms with Gasteiger partial charge in [-0.1, -0.05) is 130 Å². The summed E-state index contributed by atoms with van der Waals surface area (Å²) in [5, 5.41) is 19.3. The van der Waals surface area contributed by atoms with Gasteiger partial charge in [0.05, 0.1) is 50.7 Å². The Bertz CT molecular complexity index is 3140. The molecule has 2 aromatic heterocycles. The van der Waals surface area contributed by atoms with Gasteiger partial charge in [-0.05, 0) is 98.9 Å². The zero-order valence-corrected chi connectivity index (χ0v) is 49.6. The average molecular weight is 1140 g/mol. The molecule has 0 spiro atoms. The van der Waals surface area contributed by atoms with E-state index >= 15 is 0 Å². The third kappa shape index (κ3) is 14.5. The molecule has 3 heterocycles. The van der Waals surface area contributed by atoms with Gasteiger partial charge in [0.2, 0.25) is 5.95 Å². The first kappa shape index (κ1) is 60.0. The summed E-state index contributed by atoms with van der Waals surface area (Å²) in [6.45, 7) is 18.8. The fourth-order valence-corrected chi connectivity index (χ4v) is 12.4. The van der Waals surface area contributed by atoms with Crippen LogP contribution >= 0.6 is 8.53 Å². The van der Waals surface area contributed by atoms with E-state index in [0.717, 1.165) is 16.7 Å². The molecule has 0 aliphatic carbocycles. The zero-order chi connectivity index (χ0) is 57.7. The molecule has 0 radical (unpaired) electrons. The van der Waals surface area contributed by atoms with Crippen molar-refractivity contribution in [1.82, 2.24) is 29.5 Å². The molecule has 81 heavy (non-hydrogen) atoms. The van der Waals surface area contributed by atoms with Gasteiger partial charge in [0.25, 0.3) is 20.3 Å². The van der Waals surface area contributed by atoms with Gasteiger partial charge in [-0.3, -0.25) is 24.8 Å². The molecule has 3 N–H and O–H groups in total. The molecular formula is C61H74N9O9PSi. The van der Waals surface area contributed by atoms with Crippen LogP contribution in [0.2, 0.25) is 18.1 Å². The highest BCUT2D eigenvalue weighted by Crippen LogP contribution is 2.49. The van der Waals surface area contributed by atoms with Gasteiger partial charge in [0.15, 0.2) is 44.7 Å². The van der Waals surface area contributed by atoms with Gasteiger partial charge in [0.1, 0.15) is 29.5 Å². The molecule has 1 fully saturated rings. The number of carbonyl (C=O) groups is 2. The highest BCUT2D eigenvalue weighted by Gasteiger charge is 2.55. The molecule has 2 amide bonds. The summed E-state index contributed by atoms with van der Waals surface area (Å²) >= 11 is 0. The van der Waals surface area contributed by atoms with E-state index in [0.29, 0.717) is 17.2 Å². The number of ether oxygens (including phenoxy) is 4. The number of carbonyl (C=O) groups excluding carboxylic acids is 2. The number of para-hydroxylation sites is 2.